The average Bonchev–Trinajstić information content (AvgIpc) is 2.84. The van der Waals surface area contributed by atoms with Crippen LogP contribution in [-0.4, -0.2) is 11.2 Å². The zero-order valence-electron chi connectivity index (χ0n) is 14.8. The van der Waals surface area contributed by atoms with Gasteiger partial charge in [-0.3, -0.25) is 0 Å². The molecule has 0 amide bonds. The minimum Gasteiger partial charge on any atom is -0.389 e. The lowest BCUT2D eigenvalue weighted by Gasteiger charge is -2.58. The summed E-state index contributed by atoms with van der Waals surface area (Å²) in [6.07, 6.45) is 14.2. The summed E-state index contributed by atoms with van der Waals surface area (Å²) in [6, 6.07) is 0. The number of rotatable bonds is 1. The first kappa shape index (κ1) is 15.2. The standard InChI is InChI=1S/C21H34O/c1-4-14-6-8-18-17-7-5-15-13-16(22)9-11-21(15,3)19(17)10-12-20(14,18)2/h13-14,16-19,22H,4-12H2,1-3H3/t14-,16?,17?,18?,19?,20+,21-/m0/s1. The second-order valence-electron chi connectivity index (χ2n) is 9.36. The van der Waals surface area contributed by atoms with Crippen molar-refractivity contribution in [3.63, 3.8) is 0 Å². The molecule has 3 fully saturated rings. The Morgan fingerprint density at radius 2 is 1.86 bits per heavy atom. The highest BCUT2D eigenvalue weighted by Crippen LogP contribution is 2.67. The van der Waals surface area contributed by atoms with Crippen LogP contribution in [0.15, 0.2) is 11.6 Å². The van der Waals surface area contributed by atoms with E-state index in [1.54, 1.807) is 5.57 Å². The molecule has 4 rings (SSSR count). The summed E-state index contributed by atoms with van der Waals surface area (Å²) in [5.74, 6) is 3.83. The van der Waals surface area contributed by atoms with Crippen molar-refractivity contribution in [2.45, 2.75) is 84.7 Å². The molecule has 22 heavy (non-hydrogen) atoms. The molecule has 124 valence electrons. The van der Waals surface area contributed by atoms with Gasteiger partial charge in [0.25, 0.3) is 0 Å². The van der Waals surface area contributed by atoms with E-state index in [2.05, 4.69) is 26.8 Å². The van der Waals surface area contributed by atoms with Gasteiger partial charge in [-0.2, -0.15) is 0 Å². The molecule has 7 atom stereocenters. The Morgan fingerprint density at radius 1 is 1.05 bits per heavy atom. The van der Waals surface area contributed by atoms with Crippen LogP contribution in [0.25, 0.3) is 0 Å². The molecule has 4 unspecified atom stereocenters. The van der Waals surface area contributed by atoms with Gasteiger partial charge in [0.1, 0.15) is 0 Å². The van der Waals surface area contributed by atoms with Gasteiger partial charge < -0.3 is 5.11 Å². The summed E-state index contributed by atoms with van der Waals surface area (Å²) < 4.78 is 0. The predicted molar refractivity (Wildman–Crippen MR) is 91.5 cm³/mol. The van der Waals surface area contributed by atoms with E-state index >= 15 is 0 Å². The number of hydrogen-bond donors (Lipinski definition) is 1. The van der Waals surface area contributed by atoms with E-state index in [0.717, 1.165) is 30.1 Å². The lowest BCUT2D eigenvalue weighted by atomic mass is 9.46. The van der Waals surface area contributed by atoms with Crippen LogP contribution in [0.4, 0.5) is 0 Å². The van der Waals surface area contributed by atoms with Crippen molar-refractivity contribution < 1.29 is 5.11 Å². The Hall–Kier alpha value is -0.300. The molecule has 4 aliphatic rings. The molecule has 0 saturated heterocycles. The minimum absolute atomic E-state index is 0.163. The van der Waals surface area contributed by atoms with Crippen LogP contribution in [0.5, 0.6) is 0 Å². The Kier molecular flexibility index (Phi) is 3.53. The molecule has 0 aromatic heterocycles. The summed E-state index contributed by atoms with van der Waals surface area (Å²) in [4.78, 5) is 0. The highest BCUT2D eigenvalue weighted by Gasteiger charge is 2.58. The molecule has 0 radical (unpaired) electrons. The molecule has 0 aromatic rings. The Morgan fingerprint density at radius 3 is 2.64 bits per heavy atom. The lowest BCUT2D eigenvalue weighted by molar-refractivity contribution is -0.0554. The number of aliphatic hydroxyl groups is 1. The summed E-state index contributed by atoms with van der Waals surface area (Å²) in [6.45, 7) is 7.58. The van der Waals surface area contributed by atoms with Crippen molar-refractivity contribution in [1.82, 2.24) is 0 Å². The molecule has 1 heteroatoms. The van der Waals surface area contributed by atoms with Gasteiger partial charge in [-0.1, -0.05) is 38.8 Å². The van der Waals surface area contributed by atoms with Crippen LogP contribution < -0.4 is 0 Å². The van der Waals surface area contributed by atoms with Crippen molar-refractivity contribution in [2.24, 2.45) is 34.5 Å². The van der Waals surface area contributed by atoms with E-state index in [1.165, 1.54) is 51.4 Å². The van der Waals surface area contributed by atoms with Crippen molar-refractivity contribution in [3.8, 4) is 0 Å². The number of aliphatic hydroxyl groups excluding tert-OH is 1. The molecule has 1 N–H and O–H groups in total. The van der Waals surface area contributed by atoms with E-state index in [4.69, 9.17) is 0 Å². The first-order chi connectivity index (χ1) is 10.5. The molecule has 0 heterocycles. The molecular weight excluding hydrogens is 268 g/mol. The van der Waals surface area contributed by atoms with Crippen LogP contribution in [0.2, 0.25) is 0 Å². The highest BCUT2D eigenvalue weighted by molar-refractivity contribution is 5.25. The number of fused-ring (bicyclic) bond motifs is 5. The van der Waals surface area contributed by atoms with E-state index in [1.807, 2.05) is 0 Å². The van der Waals surface area contributed by atoms with Gasteiger partial charge in [0.05, 0.1) is 6.10 Å². The third-order valence-electron chi connectivity index (χ3n) is 8.78. The third kappa shape index (κ3) is 1.93. The van der Waals surface area contributed by atoms with Crippen LogP contribution in [-0.2, 0) is 0 Å². The fraction of sp³-hybridized carbons (Fsp3) is 0.905. The van der Waals surface area contributed by atoms with Crippen molar-refractivity contribution in [2.75, 3.05) is 0 Å². The van der Waals surface area contributed by atoms with Crippen molar-refractivity contribution in [1.29, 1.82) is 0 Å². The maximum Gasteiger partial charge on any atom is 0.0724 e. The first-order valence-electron chi connectivity index (χ1n) is 9.88. The molecule has 0 aliphatic heterocycles. The molecule has 3 saturated carbocycles. The number of allylic oxidation sites excluding steroid dienone is 1. The van der Waals surface area contributed by atoms with Crippen LogP contribution in [0.1, 0.15) is 78.6 Å². The van der Waals surface area contributed by atoms with E-state index in [-0.39, 0.29) is 6.10 Å². The minimum atomic E-state index is -0.163. The van der Waals surface area contributed by atoms with Gasteiger partial charge in [0.2, 0.25) is 0 Å². The average molecular weight is 303 g/mol. The van der Waals surface area contributed by atoms with Gasteiger partial charge in [-0.25, -0.2) is 0 Å². The monoisotopic (exact) mass is 302 g/mol. The van der Waals surface area contributed by atoms with E-state index in [9.17, 15) is 5.11 Å². The summed E-state index contributed by atoms with van der Waals surface area (Å²) in [5, 5.41) is 10.0. The number of hydrogen-bond acceptors (Lipinski definition) is 1. The summed E-state index contributed by atoms with van der Waals surface area (Å²) in [7, 11) is 0. The predicted octanol–water partition coefficient (Wildman–Crippen LogP) is 5.34. The van der Waals surface area contributed by atoms with Gasteiger partial charge >= 0.3 is 0 Å². The highest BCUT2D eigenvalue weighted by atomic mass is 16.3. The van der Waals surface area contributed by atoms with Crippen LogP contribution >= 0.6 is 0 Å². The molecule has 0 spiro atoms. The third-order valence-corrected chi connectivity index (χ3v) is 8.78. The second-order valence-corrected chi connectivity index (χ2v) is 9.36. The molecule has 0 bridgehead atoms. The maximum atomic E-state index is 10.0. The maximum absolute atomic E-state index is 10.0. The van der Waals surface area contributed by atoms with Gasteiger partial charge in [-0.05, 0) is 85.9 Å². The first-order valence-corrected chi connectivity index (χ1v) is 9.88. The Balaban J connectivity index is 1.65. The van der Waals surface area contributed by atoms with Crippen LogP contribution in [0.3, 0.4) is 0 Å². The fourth-order valence-electron chi connectivity index (χ4n) is 7.49. The summed E-state index contributed by atoms with van der Waals surface area (Å²) in [5.41, 5.74) is 2.66. The van der Waals surface area contributed by atoms with Crippen molar-refractivity contribution >= 4 is 0 Å². The zero-order valence-corrected chi connectivity index (χ0v) is 14.8. The van der Waals surface area contributed by atoms with Gasteiger partial charge in [0.15, 0.2) is 0 Å². The van der Waals surface area contributed by atoms with Crippen molar-refractivity contribution in [3.05, 3.63) is 11.6 Å². The Bertz CT molecular complexity index is 480. The smallest absolute Gasteiger partial charge is 0.0724 e. The Labute approximate surface area is 136 Å². The van der Waals surface area contributed by atoms with E-state index in [0.29, 0.717) is 10.8 Å². The largest absolute Gasteiger partial charge is 0.389 e. The topological polar surface area (TPSA) is 20.2 Å². The summed E-state index contributed by atoms with van der Waals surface area (Å²) >= 11 is 0. The molecule has 0 aromatic carbocycles. The fourth-order valence-corrected chi connectivity index (χ4v) is 7.49. The van der Waals surface area contributed by atoms with Gasteiger partial charge in [-0.15, -0.1) is 0 Å². The van der Waals surface area contributed by atoms with Gasteiger partial charge in [0, 0.05) is 0 Å². The SMILES string of the molecule is CC[C@H]1CCC2C3CCC4=CC(O)CC[C@]4(C)C3CC[C@@]21C. The quantitative estimate of drug-likeness (QED) is 0.648. The lowest BCUT2D eigenvalue weighted by Crippen LogP contribution is -2.50. The molecule has 1 nitrogen and oxygen atoms in total. The zero-order chi connectivity index (χ0) is 15.5. The molecule has 4 aliphatic carbocycles. The van der Waals surface area contributed by atoms with Crippen LogP contribution in [0, 0.1) is 34.5 Å². The normalized spacial score (nSPS) is 54.2. The molecular formula is C21H34O. The van der Waals surface area contributed by atoms with E-state index < -0.39 is 0 Å². The second kappa shape index (κ2) is 5.10.